The standard InChI is InChI=1S/C18H27ClN2O2/c1-13(15-5-7-16(19)8-6-15)20-18(23)11-21(2)17-9-3-14(12-22)4-10-17/h5-8,13-14,17,22H,3-4,9-12H2,1-2H3,(H,20,23). The number of likely N-dealkylation sites (N-methyl/N-ethyl adjacent to an activating group) is 1. The third-order valence-corrected chi connectivity index (χ3v) is 5.09. The summed E-state index contributed by atoms with van der Waals surface area (Å²) in [6.45, 7) is 2.68. The second kappa shape index (κ2) is 8.67. The molecule has 1 fully saturated rings. The lowest BCUT2D eigenvalue weighted by Crippen LogP contribution is -2.42. The molecular weight excluding hydrogens is 312 g/mol. The predicted octanol–water partition coefficient (Wildman–Crippen LogP) is 3.00. The Bertz CT molecular complexity index is 498. The number of aliphatic hydroxyl groups is 1. The monoisotopic (exact) mass is 338 g/mol. The van der Waals surface area contributed by atoms with Gasteiger partial charge in [-0.15, -0.1) is 0 Å². The van der Waals surface area contributed by atoms with Gasteiger partial charge in [0.1, 0.15) is 0 Å². The molecule has 0 aromatic heterocycles. The number of halogens is 1. The molecule has 0 saturated heterocycles. The average molecular weight is 339 g/mol. The van der Waals surface area contributed by atoms with Crippen LogP contribution in [-0.4, -0.2) is 42.2 Å². The van der Waals surface area contributed by atoms with E-state index >= 15 is 0 Å². The third-order valence-electron chi connectivity index (χ3n) is 4.84. The predicted molar refractivity (Wildman–Crippen MR) is 93.5 cm³/mol. The van der Waals surface area contributed by atoms with E-state index in [-0.39, 0.29) is 18.6 Å². The molecule has 1 saturated carbocycles. The summed E-state index contributed by atoms with van der Waals surface area (Å²) >= 11 is 5.89. The van der Waals surface area contributed by atoms with Crippen molar-refractivity contribution in [2.45, 2.75) is 44.7 Å². The summed E-state index contributed by atoms with van der Waals surface area (Å²) in [6, 6.07) is 7.96. The largest absolute Gasteiger partial charge is 0.396 e. The molecule has 2 N–H and O–H groups in total. The van der Waals surface area contributed by atoms with Crippen molar-refractivity contribution in [1.82, 2.24) is 10.2 Å². The zero-order valence-corrected chi connectivity index (χ0v) is 14.7. The molecule has 4 nitrogen and oxygen atoms in total. The molecule has 0 spiro atoms. The summed E-state index contributed by atoms with van der Waals surface area (Å²) in [4.78, 5) is 14.4. The molecule has 5 heteroatoms. The Balaban J connectivity index is 1.78. The lowest BCUT2D eigenvalue weighted by molar-refractivity contribution is -0.123. The minimum Gasteiger partial charge on any atom is -0.396 e. The molecule has 0 aliphatic heterocycles. The van der Waals surface area contributed by atoms with Gasteiger partial charge in [-0.2, -0.15) is 0 Å². The summed E-state index contributed by atoms with van der Waals surface area (Å²) in [5.74, 6) is 0.484. The molecule has 1 amide bonds. The van der Waals surface area contributed by atoms with Crippen molar-refractivity contribution < 1.29 is 9.90 Å². The van der Waals surface area contributed by atoms with Crippen LogP contribution in [0.25, 0.3) is 0 Å². The number of carbonyl (C=O) groups is 1. The summed E-state index contributed by atoms with van der Waals surface area (Å²) in [5, 5.41) is 12.9. The minimum absolute atomic E-state index is 0.0294. The second-order valence-electron chi connectivity index (χ2n) is 6.61. The Morgan fingerprint density at radius 1 is 1.30 bits per heavy atom. The molecule has 1 unspecified atom stereocenters. The number of rotatable bonds is 6. The van der Waals surface area contributed by atoms with Gasteiger partial charge in [0.05, 0.1) is 12.6 Å². The van der Waals surface area contributed by atoms with E-state index in [2.05, 4.69) is 10.2 Å². The highest BCUT2D eigenvalue weighted by molar-refractivity contribution is 6.30. The van der Waals surface area contributed by atoms with Crippen LogP contribution in [0.1, 0.15) is 44.2 Å². The fourth-order valence-corrected chi connectivity index (χ4v) is 3.37. The first-order valence-corrected chi connectivity index (χ1v) is 8.73. The van der Waals surface area contributed by atoms with Crippen LogP contribution in [0.3, 0.4) is 0 Å². The van der Waals surface area contributed by atoms with E-state index in [9.17, 15) is 9.90 Å². The molecule has 1 atom stereocenters. The quantitative estimate of drug-likeness (QED) is 0.838. The van der Waals surface area contributed by atoms with Crippen molar-refractivity contribution in [3.8, 4) is 0 Å². The smallest absolute Gasteiger partial charge is 0.234 e. The first-order valence-electron chi connectivity index (χ1n) is 8.35. The molecule has 2 rings (SSSR count). The van der Waals surface area contributed by atoms with Crippen LogP contribution in [-0.2, 0) is 4.79 Å². The number of benzene rings is 1. The summed E-state index contributed by atoms with van der Waals surface area (Å²) in [6.07, 6.45) is 4.21. The number of nitrogens with zero attached hydrogens (tertiary/aromatic N) is 1. The summed E-state index contributed by atoms with van der Waals surface area (Å²) in [5.41, 5.74) is 1.05. The van der Waals surface area contributed by atoms with Gasteiger partial charge < -0.3 is 10.4 Å². The molecule has 0 radical (unpaired) electrons. The SMILES string of the molecule is CC(NC(=O)CN(C)C1CCC(CO)CC1)c1ccc(Cl)cc1. The third kappa shape index (κ3) is 5.48. The molecule has 23 heavy (non-hydrogen) atoms. The lowest BCUT2D eigenvalue weighted by atomic mass is 9.86. The number of aliphatic hydroxyl groups excluding tert-OH is 1. The second-order valence-corrected chi connectivity index (χ2v) is 7.05. The van der Waals surface area contributed by atoms with Crippen molar-refractivity contribution >= 4 is 17.5 Å². The zero-order valence-electron chi connectivity index (χ0n) is 14.0. The van der Waals surface area contributed by atoms with Gasteiger partial charge in [-0.05, 0) is 63.3 Å². The fourth-order valence-electron chi connectivity index (χ4n) is 3.25. The Morgan fingerprint density at radius 3 is 2.48 bits per heavy atom. The number of carbonyl (C=O) groups excluding carboxylic acids is 1. The van der Waals surface area contributed by atoms with Crippen LogP contribution in [0.5, 0.6) is 0 Å². The van der Waals surface area contributed by atoms with Crippen LogP contribution in [0, 0.1) is 5.92 Å². The molecule has 1 aromatic rings. The first-order chi connectivity index (χ1) is 11.0. The van der Waals surface area contributed by atoms with Gasteiger partial charge in [0.25, 0.3) is 0 Å². The van der Waals surface area contributed by atoms with E-state index in [4.69, 9.17) is 11.6 Å². The van der Waals surface area contributed by atoms with E-state index in [1.807, 2.05) is 38.2 Å². The van der Waals surface area contributed by atoms with Crippen LogP contribution >= 0.6 is 11.6 Å². The van der Waals surface area contributed by atoms with E-state index in [0.717, 1.165) is 31.2 Å². The van der Waals surface area contributed by atoms with Crippen LogP contribution in [0.4, 0.5) is 0 Å². The molecule has 1 aliphatic carbocycles. The van der Waals surface area contributed by atoms with Crippen LogP contribution in [0.2, 0.25) is 5.02 Å². The Kier molecular flexibility index (Phi) is 6.88. The molecule has 0 bridgehead atoms. The number of hydrogen-bond donors (Lipinski definition) is 2. The highest BCUT2D eigenvalue weighted by Gasteiger charge is 2.24. The molecule has 0 heterocycles. The van der Waals surface area contributed by atoms with Gasteiger partial charge in [-0.1, -0.05) is 23.7 Å². The zero-order chi connectivity index (χ0) is 16.8. The van der Waals surface area contributed by atoms with E-state index < -0.39 is 0 Å². The van der Waals surface area contributed by atoms with Crippen LogP contribution in [0.15, 0.2) is 24.3 Å². The first kappa shape index (κ1) is 18.2. The Hall–Kier alpha value is -1.10. The van der Waals surface area contributed by atoms with Gasteiger partial charge in [0.15, 0.2) is 0 Å². The molecule has 128 valence electrons. The maximum absolute atomic E-state index is 12.2. The van der Waals surface area contributed by atoms with Crippen molar-refractivity contribution in [3.63, 3.8) is 0 Å². The van der Waals surface area contributed by atoms with Crippen molar-refractivity contribution in [2.75, 3.05) is 20.2 Å². The van der Waals surface area contributed by atoms with E-state index in [1.165, 1.54) is 0 Å². The molecule has 1 aromatic carbocycles. The average Bonchev–Trinajstić information content (AvgIpc) is 2.55. The van der Waals surface area contributed by atoms with Crippen LogP contribution < -0.4 is 5.32 Å². The van der Waals surface area contributed by atoms with E-state index in [1.54, 1.807) is 0 Å². The highest BCUT2D eigenvalue weighted by Crippen LogP contribution is 2.26. The van der Waals surface area contributed by atoms with Gasteiger partial charge in [0.2, 0.25) is 5.91 Å². The maximum atomic E-state index is 12.2. The normalized spacial score (nSPS) is 22.8. The Morgan fingerprint density at radius 2 is 1.91 bits per heavy atom. The van der Waals surface area contributed by atoms with Gasteiger partial charge in [-0.3, -0.25) is 9.69 Å². The summed E-state index contributed by atoms with van der Waals surface area (Å²) in [7, 11) is 2.01. The maximum Gasteiger partial charge on any atom is 0.234 e. The lowest BCUT2D eigenvalue weighted by Gasteiger charge is -2.34. The van der Waals surface area contributed by atoms with Gasteiger partial charge in [0, 0.05) is 17.7 Å². The van der Waals surface area contributed by atoms with E-state index in [0.29, 0.717) is 23.5 Å². The molecule has 1 aliphatic rings. The highest BCUT2D eigenvalue weighted by atomic mass is 35.5. The minimum atomic E-state index is -0.0294. The number of nitrogens with one attached hydrogen (secondary N) is 1. The van der Waals surface area contributed by atoms with Crippen molar-refractivity contribution in [2.24, 2.45) is 5.92 Å². The molecular formula is C18H27ClN2O2. The van der Waals surface area contributed by atoms with Gasteiger partial charge in [-0.25, -0.2) is 0 Å². The number of amides is 1. The van der Waals surface area contributed by atoms with Crippen molar-refractivity contribution in [3.05, 3.63) is 34.9 Å². The summed E-state index contributed by atoms with van der Waals surface area (Å²) < 4.78 is 0. The van der Waals surface area contributed by atoms with Crippen molar-refractivity contribution in [1.29, 1.82) is 0 Å². The topological polar surface area (TPSA) is 52.6 Å². The fraction of sp³-hybridized carbons (Fsp3) is 0.611. The Labute approximate surface area is 143 Å². The number of hydrogen-bond acceptors (Lipinski definition) is 3. The van der Waals surface area contributed by atoms with Gasteiger partial charge >= 0.3 is 0 Å².